The smallest absolute Gasteiger partial charge is 0.240 e. The first kappa shape index (κ1) is 14.8. The van der Waals surface area contributed by atoms with Crippen LogP contribution in [0.4, 0.5) is 0 Å². The van der Waals surface area contributed by atoms with Crippen molar-refractivity contribution in [1.82, 2.24) is 10.0 Å². The molecular formula is C14H18N2O3S. The van der Waals surface area contributed by atoms with Gasteiger partial charge in [-0.15, -0.1) is 0 Å². The molecule has 6 heteroatoms. The van der Waals surface area contributed by atoms with Crippen LogP contribution in [0.15, 0.2) is 52.0 Å². The van der Waals surface area contributed by atoms with Gasteiger partial charge in [-0.2, -0.15) is 0 Å². The molecule has 0 aliphatic heterocycles. The Morgan fingerprint density at radius 3 is 2.70 bits per heavy atom. The molecule has 2 aromatic rings. The van der Waals surface area contributed by atoms with E-state index in [0.29, 0.717) is 6.54 Å². The molecule has 0 spiro atoms. The number of benzene rings is 1. The largest absolute Gasteiger partial charge is 0.468 e. The van der Waals surface area contributed by atoms with Crippen LogP contribution in [-0.4, -0.2) is 15.5 Å². The van der Waals surface area contributed by atoms with Crippen LogP contribution >= 0.6 is 0 Å². The van der Waals surface area contributed by atoms with E-state index < -0.39 is 10.0 Å². The van der Waals surface area contributed by atoms with E-state index in [1.54, 1.807) is 24.5 Å². The Morgan fingerprint density at radius 2 is 2.05 bits per heavy atom. The second-order valence-electron chi connectivity index (χ2n) is 4.46. The molecule has 0 unspecified atom stereocenters. The van der Waals surface area contributed by atoms with Crippen molar-refractivity contribution in [3.05, 3.63) is 54.0 Å². The van der Waals surface area contributed by atoms with Gasteiger partial charge in [0.2, 0.25) is 10.0 Å². The van der Waals surface area contributed by atoms with E-state index in [0.717, 1.165) is 11.3 Å². The lowest BCUT2D eigenvalue weighted by Gasteiger charge is -2.14. The summed E-state index contributed by atoms with van der Waals surface area (Å²) >= 11 is 0. The van der Waals surface area contributed by atoms with Crippen molar-refractivity contribution in [1.29, 1.82) is 0 Å². The standard InChI is InChI=1S/C14H18N2O3S/c1-11(16-10-13-6-4-8-19-13)12-5-3-7-14(9-12)20(17,18)15-2/h3-9,11,15-16H,10H2,1-2H3/t11-/m0/s1. The van der Waals surface area contributed by atoms with Crippen molar-refractivity contribution in [2.75, 3.05) is 7.05 Å². The lowest BCUT2D eigenvalue weighted by Crippen LogP contribution is -2.20. The van der Waals surface area contributed by atoms with Crippen molar-refractivity contribution < 1.29 is 12.8 Å². The summed E-state index contributed by atoms with van der Waals surface area (Å²) in [5, 5.41) is 3.29. The van der Waals surface area contributed by atoms with Crippen LogP contribution in [0.25, 0.3) is 0 Å². The van der Waals surface area contributed by atoms with Crippen LogP contribution in [0.3, 0.4) is 0 Å². The third kappa shape index (κ3) is 3.47. The highest BCUT2D eigenvalue weighted by Gasteiger charge is 2.13. The molecule has 0 bridgehead atoms. The molecule has 0 aliphatic rings. The van der Waals surface area contributed by atoms with Crippen LogP contribution < -0.4 is 10.0 Å². The third-order valence-electron chi connectivity index (χ3n) is 3.10. The second-order valence-corrected chi connectivity index (χ2v) is 6.35. The highest BCUT2D eigenvalue weighted by Crippen LogP contribution is 2.17. The lowest BCUT2D eigenvalue weighted by molar-refractivity contribution is 0.460. The van der Waals surface area contributed by atoms with Gasteiger partial charge in [0, 0.05) is 6.04 Å². The maximum Gasteiger partial charge on any atom is 0.240 e. The summed E-state index contributed by atoms with van der Waals surface area (Å²) < 4.78 is 31.1. The highest BCUT2D eigenvalue weighted by molar-refractivity contribution is 7.89. The Labute approximate surface area is 119 Å². The Bertz CT molecular complexity index is 651. The summed E-state index contributed by atoms with van der Waals surface area (Å²) in [6.07, 6.45) is 1.63. The molecule has 0 saturated carbocycles. The minimum atomic E-state index is -3.41. The van der Waals surface area contributed by atoms with Crippen molar-refractivity contribution >= 4 is 10.0 Å². The summed E-state index contributed by atoms with van der Waals surface area (Å²) in [6, 6.07) is 10.6. The first-order valence-corrected chi connectivity index (χ1v) is 7.80. The first-order chi connectivity index (χ1) is 9.53. The number of nitrogens with one attached hydrogen (secondary N) is 2. The van der Waals surface area contributed by atoms with Crippen molar-refractivity contribution in [2.45, 2.75) is 24.4 Å². The molecule has 5 nitrogen and oxygen atoms in total. The molecule has 0 radical (unpaired) electrons. The maximum absolute atomic E-state index is 11.8. The SMILES string of the molecule is CNS(=O)(=O)c1cccc([C@H](C)NCc2ccco2)c1. The number of hydrogen-bond acceptors (Lipinski definition) is 4. The van der Waals surface area contributed by atoms with E-state index in [9.17, 15) is 8.42 Å². The minimum Gasteiger partial charge on any atom is -0.468 e. The number of sulfonamides is 1. The van der Waals surface area contributed by atoms with E-state index in [1.807, 2.05) is 25.1 Å². The van der Waals surface area contributed by atoms with Crippen molar-refractivity contribution in [3.63, 3.8) is 0 Å². The predicted octanol–water partition coefficient (Wildman–Crippen LogP) is 2.04. The van der Waals surface area contributed by atoms with Gasteiger partial charge >= 0.3 is 0 Å². The molecular weight excluding hydrogens is 276 g/mol. The first-order valence-electron chi connectivity index (χ1n) is 6.32. The fourth-order valence-corrected chi connectivity index (χ4v) is 2.64. The van der Waals surface area contributed by atoms with Gasteiger partial charge in [0.1, 0.15) is 5.76 Å². The Balaban J connectivity index is 2.10. The van der Waals surface area contributed by atoms with Gasteiger partial charge in [-0.1, -0.05) is 12.1 Å². The summed E-state index contributed by atoms with van der Waals surface area (Å²) in [4.78, 5) is 0.268. The van der Waals surface area contributed by atoms with Gasteiger partial charge in [-0.25, -0.2) is 13.1 Å². The fourth-order valence-electron chi connectivity index (χ4n) is 1.85. The van der Waals surface area contributed by atoms with E-state index in [-0.39, 0.29) is 10.9 Å². The highest BCUT2D eigenvalue weighted by atomic mass is 32.2. The molecule has 2 rings (SSSR count). The Morgan fingerprint density at radius 1 is 1.25 bits per heavy atom. The fraction of sp³-hybridized carbons (Fsp3) is 0.286. The monoisotopic (exact) mass is 294 g/mol. The number of rotatable bonds is 6. The number of hydrogen-bond donors (Lipinski definition) is 2. The molecule has 0 fully saturated rings. The van der Waals surface area contributed by atoms with Crippen molar-refractivity contribution in [3.8, 4) is 0 Å². The topological polar surface area (TPSA) is 71.3 Å². The van der Waals surface area contributed by atoms with Crippen LogP contribution in [0.1, 0.15) is 24.3 Å². The van der Waals surface area contributed by atoms with Crippen LogP contribution in [0.2, 0.25) is 0 Å². The normalized spacial score (nSPS) is 13.3. The summed E-state index contributed by atoms with van der Waals surface area (Å²) in [5.41, 5.74) is 0.910. The predicted molar refractivity (Wildman–Crippen MR) is 76.7 cm³/mol. The molecule has 1 atom stereocenters. The van der Waals surface area contributed by atoms with Crippen LogP contribution in [0.5, 0.6) is 0 Å². The summed E-state index contributed by atoms with van der Waals surface area (Å²) in [5.74, 6) is 0.843. The second kappa shape index (κ2) is 6.21. The zero-order valence-corrected chi connectivity index (χ0v) is 12.3. The molecule has 0 aliphatic carbocycles. The summed E-state index contributed by atoms with van der Waals surface area (Å²) in [7, 11) is -2.01. The van der Waals surface area contributed by atoms with Gasteiger partial charge < -0.3 is 9.73 Å². The van der Waals surface area contributed by atoms with Gasteiger partial charge in [0.05, 0.1) is 17.7 Å². The van der Waals surface area contributed by atoms with Gasteiger partial charge in [-0.3, -0.25) is 0 Å². The summed E-state index contributed by atoms with van der Waals surface area (Å²) in [6.45, 7) is 2.57. The molecule has 2 N–H and O–H groups in total. The zero-order valence-electron chi connectivity index (χ0n) is 11.5. The Kier molecular flexibility index (Phi) is 4.59. The molecule has 108 valence electrons. The molecule has 1 heterocycles. The average molecular weight is 294 g/mol. The molecule has 0 saturated heterocycles. The average Bonchev–Trinajstić information content (AvgIpc) is 2.98. The zero-order chi connectivity index (χ0) is 14.6. The molecule has 20 heavy (non-hydrogen) atoms. The van der Waals surface area contributed by atoms with Gasteiger partial charge in [0.15, 0.2) is 0 Å². The van der Waals surface area contributed by atoms with Gasteiger partial charge in [-0.05, 0) is 43.8 Å². The quantitative estimate of drug-likeness (QED) is 0.855. The van der Waals surface area contributed by atoms with Crippen molar-refractivity contribution in [2.24, 2.45) is 0 Å². The van der Waals surface area contributed by atoms with Crippen LogP contribution in [0, 0.1) is 0 Å². The third-order valence-corrected chi connectivity index (χ3v) is 4.51. The van der Waals surface area contributed by atoms with Gasteiger partial charge in [0.25, 0.3) is 0 Å². The molecule has 1 aromatic carbocycles. The minimum absolute atomic E-state index is 0.0205. The van der Waals surface area contributed by atoms with E-state index in [2.05, 4.69) is 10.0 Å². The maximum atomic E-state index is 11.8. The molecule has 0 amide bonds. The number of furan rings is 1. The Hall–Kier alpha value is -1.63. The van der Waals surface area contributed by atoms with Crippen LogP contribution in [-0.2, 0) is 16.6 Å². The van der Waals surface area contributed by atoms with E-state index >= 15 is 0 Å². The lowest BCUT2D eigenvalue weighted by atomic mass is 10.1. The van der Waals surface area contributed by atoms with E-state index in [1.165, 1.54) is 7.05 Å². The molecule has 1 aromatic heterocycles. The van der Waals surface area contributed by atoms with E-state index in [4.69, 9.17) is 4.42 Å².